The van der Waals surface area contributed by atoms with Crippen molar-refractivity contribution in [3.63, 3.8) is 0 Å². The maximum absolute atomic E-state index is 13.5. The third-order valence-electron chi connectivity index (χ3n) is 14.8. The number of fused-ring (bicyclic) bond motifs is 7. The lowest BCUT2D eigenvalue weighted by molar-refractivity contribution is -0.273. The minimum Gasteiger partial charge on any atom is -0.458 e. The van der Waals surface area contributed by atoms with Crippen LogP contribution in [0.25, 0.3) is 0 Å². The molecule has 0 spiro atoms. The molecule has 5 saturated carbocycles. The van der Waals surface area contributed by atoms with Crippen LogP contribution in [0.15, 0.2) is 42.5 Å². The van der Waals surface area contributed by atoms with Gasteiger partial charge in [-0.3, -0.25) is 0 Å². The summed E-state index contributed by atoms with van der Waals surface area (Å²) in [6.45, 7) is 21.7. The zero-order chi connectivity index (χ0) is 28.9. The zero-order valence-electron chi connectivity index (χ0n) is 26.3. The summed E-state index contributed by atoms with van der Waals surface area (Å²) in [7, 11) is 0. The van der Waals surface area contributed by atoms with Gasteiger partial charge in [0.15, 0.2) is 0 Å². The Balaban J connectivity index is 1.40. The van der Waals surface area contributed by atoms with E-state index >= 15 is 0 Å². The molecule has 5 aliphatic carbocycles. The number of aliphatic hydroxyl groups is 1. The lowest BCUT2D eigenvalue weighted by atomic mass is 9.32. The molecular weight excluding hydrogens is 492 g/mol. The molecule has 220 valence electrons. The predicted octanol–water partition coefficient (Wildman–Crippen LogP) is 8.86. The summed E-state index contributed by atoms with van der Waals surface area (Å²) in [5.41, 5.74) is 2.53. The monoisotopic (exact) mass is 546 g/mol. The van der Waals surface area contributed by atoms with Crippen molar-refractivity contribution < 1.29 is 14.6 Å². The van der Waals surface area contributed by atoms with E-state index < -0.39 is 6.10 Å². The normalized spacial score (nSPS) is 49.1. The second-order valence-electron chi connectivity index (χ2n) is 16.5. The van der Waals surface area contributed by atoms with Crippen LogP contribution in [0.5, 0.6) is 0 Å². The van der Waals surface area contributed by atoms with Crippen LogP contribution in [-0.4, -0.2) is 23.3 Å². The van der Waals surface area contributed by atoms with Gasteiger partial charge in [0, 0.05) is 11.8 Å². The van der Waals surface area contributed by atoms with Crippen LogP contribution in [0.3, 0.4) is 0 Å². The van der Waals surface area contributed by atoms with Gasteiger partial charge in [-0.15, -0.1) is 0 Å². The highest BCUT2D eigenvalue weighted by atomic mass is 16.5. The second kappa shape index (κ2) is 9.19. The summed E-state index contributed by atoms with van der Waals surface area (Å²) in [5.74, 6) is 2.67. The first-order chi connectivity index (χ1) is 18.7. The van der Waals surface area contributed by atoms with Crippen LogP contribution < -0.4 is 0 Å². The number of benzene rings is 1. The fourth-order valence-electron chi connectivity index (χ4n) is 12.3. The molecule has 0 heterocycles. The first-order valence-corrected chi connectivity index (χ1v) is 16.3. The maximum Gasteiger partial charge on any atom is 0.338 e. The van der Waals surface area contributed by atoms with E-state index in [2.05, 4.69) is 55.0 Å². The molecule has 0 aliphatic heterocycles. The average molecular weight is 547 g/mol. The highest BCUT2D eigenvalue weighted by molar-refractivity contribution is 5.89. The highest BCUT2D eigenvalue weighted by Gasteiger charge is 2.72. The van der Waals surface area contributed by atoms with Crippen molar-refractivity contribution >= 4 is 5.97 Å². The van der Waals surface area contributed by atoms with E-state index in [4.69, 9.17) is 4.74 Å². The predicted molar refractivity (Wildman–Crippen MR) is 162 cm³/mol. The molecule has 1 N–H and O–H groups in total. The molecule has 0 radical (unpaired) electrons. The van der Waals surface area contributed by atoms with Crippen molar-refractivity contribution in [2.24, 2.45) is 56.7 Å². The highest BCUT2D eigenvalue weighted by Crippen LogP contribution is 2.77. The van der Waals surface area contributed by atoms with E-state index in [1.54, 1.807) is 0 Å². The molecule has 3 nitrogen and oxygen atoms in total. The molecule has 1 aromatic carbocycles. The number of carbonyl (C=O) groups is 1. The summed E-state index contributed by atoms with van der Waals surface area (Å²) in [4.78, 5) is 13.5. The Morgan fingerprint density at radius 3 is 2.25 bits per heavy atom. The van der Waals surface area contributed by atoms with Gasteiger partial charge in [0.2, 0.25) is 0 Å². The van der Waals surface area contributed by atoms with Crippen molar-refractivity contribution in [3.05, 3.63) is 48.0 Å². The van der Waals surface area contributed by atoms with Gasteiger partial charge in [-0.25, -0.2) is 4.79 Å². The standard InChI is InChI=1S/C37H54O3/c1-23(2)25-16-18-34(5)20-21-35(6)26(31(25)34)14-15-28-36(35,7)19-17-27-33(3,4)29(38)22-30(37(27,28)8)40-32(39)24-12-10-9-11-13-24/h9-13,25-31,38H,1,14-22H2,2-8H3/t25-,26+,27+,28+,29-,30?,31+,34+,35+,36+,37-/m0/s1. The van der Waals surface area contributed by atoms with Gasteiger partial charge in [-0.2, -0.15) is 0 Å². The number of rotatable bonds is 3. The van der Waals surface area contributed by atoms with Gasteiger partial charge >= 0.3 is 5.97 Å². The molecule has 5 fully saturated rings. The van der Waals surface area contributed by atoms with Crippen LogP contribution in [-0.2, 0) is 4.74 Å². The molecule has 11 atom stereocenters. The minimum atomic E-state index is -0.472. The summed E-state index contributed by atoms with van der Waals surface area (Å²) in [5, 5.41) is 11.5. The fourth-order valence-corrected chi connectivity index (χ4v) is 12.3. The first-order valence-electron chi connectivity index (χ1n) is 16.3. The molecule has 40 heavy (non-hydrogen) atoms. The van der Waals surface area contributed by atoms with Crippen LogP contribution in [0.4, 0.5) is 0 Å². The molecule has 3 heteroatoms. The minimum absolute atomic E-state index is 0.168. The topological polar surface area (TPSA) is 46.5 Å². The molecule has 0 aromatic heterocycles. The van der Waals surface area contributed by atoms with Crippen LogP contribution in [0.1, 0.15) is 117 Å². The molecule has 5 aliphatic rings. The summed E-state index contributed by atoms with van der Waals surface area (Å²) >= 11 is 0. The van der Waals surface area contributed by atoms with E-state index in [-0.39, 0.29) is 33.7 Å². The lowest BCUT2D eigenvalue weighted by Crippen LogP contribution is -2.70. The van der Waals surface area contributed by atoms with E-state index in [1.165, 1.54) is 50.5 Å². The number of ether oxygens (including phenoxy) is 1. The summed E-state index contributed by atoms with van der Waals surface area (Å²) in [6.07, 6.45) is 9.86. The first kappa shape index (κ1) is 28.5. The Morgan fingerprint density at radius 2 is 1.57 bits per heavy atom. The third-order valence-corrected chi connectivity index (χ3v) is 14.8. The largest absolute Gasteiger partial charge is 0.458 e. The van der Waals surface area contributed by atoms with E-state index in [0.717, 1.165) is 18.3 Å². The summed E-state index contributed by atoms with van der Waals surface area (Å²) < 4.78 is 6.50. The Morgan fingerprint density at radius 1 is 0.875 bits per heavy atom. The molecular formula is C37H54O3. The molecule has 6 rings (SSSR count). The maximum atomic E-state index is 13.5. The smallest absolute Gasteiger partial charge is 0.338 e. The van der Waals surface area contributed by atoms with Crippen LogP contribution in [0, 0.1) is 56.7 Å². The van der Waals surface area contributed by atoms with E-state index in [9.17, 15) is 9.90 Å². The number of hydrogen-bond donors (Lipinski definition) is 1. The summed E-state index contributed by atoms with van der Waals surface area (Å²) in [6, 6.07) is 9.43. The van der Waals surface area contributed by atoms with Gasteiger partial charge in [-0.1, -0.05) is 71.9 Å². The average Bonchev–Trinajstić information content (AvgIpc) is 3.26. The Labute approximate surface area is 243 Å². The number of esters is 1. The van der Waals surface area contributed by atoms with Gasteiger partial charge in [0.05, 0.1) is 11.7 Å². The Hall–Kier alpha value is -1.61. The number of allylic oxidation sites excluding steroid dienone is 1. The third kappa shape index (κ3) is 3.67. The number of hydrogen-bond acceptors (Lipinski definition) is 3. The van der Waals surface area contributed by atoms with Gasteiger partial charge in [-0.05, 0) is 122 Å². The SMILES string of the molecule is C=C(C)[C@@H]1CC[C@]2(C)CC[C@]3(C)[C@H](CC[C@H]4[C@@]5(C)C(OC(=O)c6ccccc6)C[C@H](O)C(C)(C)[C@H]5CC[C@]43C)[C@@H]12. The number of carbonyl (C=O) groups excluding carboxylic acids is 1. The van der Waals surface area contributed by atoms with Crippen molar-refractivity contribution in [1.29, 1.82) is 0 Å². The molecule has 0 amide bonds. The Kier molecular flexibility index (Phi) is 6.55. The van der Waals surface area contributed by atoms with Crippen molar-refractivity contribution in [1.82, 2.24) is 0 Å². The van der Waals surface area contributed by atoms with E-state index in [0.29, 0.717) is 35.2 Å². The second-order valence-corrected chi connectivity index (χ2v) is 16.5. The quantitative estimate of drug-likeness (QED) is 0.304. The molecule has 0 saturated heterocycles. The van der Waals surface area contributed by atoms with Gasteiger partial charge in [0.1, 0.15) is 6.10 Å². The van der Waals surface area contributed by atoms with Crippen molar-refractivity contribution in [2.75, 3.05) is 0 Å². The Bertz CT molecular complexity index is 1170. The molecule has 0 bridgehead atoms. The lowest BCUT2D eigenvalue weighted by Gasteiger charge is -2.73. The number of aliphatic hydroxyl groups excluding tert-OH is 1. The van der Waals surface area contributed by atoms with E-state index in [1.807, 2.05) is 30.3 Å². The van der Waals surface area contributed by atoms with Crippen LogP contribution >= 0.6 is 0 Å². The van der Waals surface area contributed by atoms with Crippen molar-refractivity contribution in [3.8, 4) is 0 Å². The van der Waals surface area contributed by atoms with Crippen molar-refractivity contribution in [2.45, 2.75) is 118 Å². The van der Waals surface area contributed by atoms with Gasteiger partial charge < -0.3 is 9.84 Å². The molecule has 1 unspecified atom stereocenters. The molecule has 1 aromatic rings. The van der Waals surface area contributed by atoms with Gasteiger partial charge in [0.25, 0.3) is 0 Å². The fraction of sp³-hybridized carbons (Fsp3) is 0.757. The zero-order valence-corrected chi connectivity index (χ0v) is 26.3. The van der Waals surface area contributed by atoms with Crippen LogP contribution in [0.2, 0.25) is 0 Å².